The molecule has 0 amide bonds. The molecule has 0 spiro atoms. The fourth-order valence-corrected chi connectivity index (χ4v) is 1.88. The number of unbranched alkanes of at least 4 members (excludes halogenated alkanes) is 4. The van der Waals surface area contributed by atoms with E-state index in [-0.39, 0.29) is 12.0 Å². The minimum absolute atomic E-state index is 0.234. The van der Waals surface area contributed by atoms with Gasteiger partial charge in [0.1, 0.15) is 0 Å². The van der Waals surface area contributed by atoms with Gasteiger partial charge in [-0.05, 0) is 32.1 Å². The van der Waals surface area contributed by atoms with Gasteiger partial charge in [-0.25, -0.2) is 0 Å². The van der Waals surface area contributed by atoms with Gasteiger partial charge in [-0.2, -0.15) is 0 Å². The van der Waals surface area contributed by atoms with Gasteiger partial charge < -0.3 is 10.2 Å². The molecule has 2 unspecified atom stereocenters. The Kier molecular flexibility index (Phi) is 8.89. The van der Waals surface area contributed by atoms with Gasteiger partial charge in [0.05, 0.1) is 11.7 Å². The van der Waals surface area contributed by atoms with Crippen molar-refractivity contribution in [2.24, 2.45) is 5.92 Å². The average molecular weight is 244 g/mol. The maximum Gasteiger partial charge on any atom is 0.0643 e. The molecule has 0 aliphatic heterocycles. The predicted octanol–water partition coefficient (Wildman–Crippen LogP) is 3.90. The van der Waals surface area contributed by atoms with Crippen molar-refractivity contribution in [3.63, 3.8) is 0 Å². The largest absolute Gasteiger partial charge is 0.393 e. The van der Waals surface area contributed by atoms with Crippen LogP contribution in [0.15, 0.2) is 0 Å². The molecule has 0 heterocycles. The summed E-state index contributed by atoms with van der Waals surface area (Å²) in [6.07, 6.45) is 8.26. The van der Waals surface area contributed by atoms with Gasteiger partial charge >= 0.3 is 0 Å². The molecule has 2 atom stereocenters. The zero-order valence-corrected chi connectivity index (χ0v) is 12.2. The fourth-order valence-electron chi connectivity index (χ4n) is 1.88. The lowest BCUT2D eigenvalue weighted by molar-refractivity contribution is -0.00845. The van der Waals surface area contributed by atoms with Gasteiger partial charge in [0.15, 0.2) is 0 Å². The second-order valence-corrected chi connectivity index (χ2v) is 5.91. The quantitative estimate of drug-likeness (QED) is 0.572. The molecule has 0 aliphatic rings. The van der Waals surface area contributed by atoms with Crippen molar-refractivity contribution < 1.29 is 10.2 Å². The van der Waals surface area contributed by atoms with Crippen LogP contribution in [0, 0.1) is 5.92 Å². The Labute approximate surface area is 107 Å². The molecule has 104 valence electrons. The second kappa shape index (κ2) is 8.93. The first-order valence-electron chi connectivity index (χ1n) is 7.30. The normalized spacial score (nSPS) is 17.1. The van der Waals surface area contributed by atoms with E-state index in [4.69, 9.17) is 0 Å². The average Bonchev–Trinajstić information content (AvgIpc) is 2.26. The molecule has 2 N–H and O–H groups in total. The molecule has 2 heteroatoms. The summed E-state index contributed by atoms with van der Waals surface area (Å²) in [5.74, 6) is 0.249. The first kappa shape index (κ1) is 16.9. The Balaban J connectivity index is 3.56. The summed E-state index contributed by atoms with van der Waals surface area (Å²) in [5.41, 5.74) is -0.636. The zero-order valence-electron chi connectivity index (χ0n) is 12.2. The van der Waals surface area contributed by atoms with Gasteiger partial charge in [0.2, 0.25) is 0 Å². The summed E-state index contributed by atoms with van der Waals surface area (Å²) in [5, 5.41) is 19.9. The van der Waals surface area contributed by atoms with E-state index in [9.17, 15) is 10.2 Å². The minimum Gasteiger partial charge on any atom is -0.393 e. The van der Waals surface area contributed by atoms with Crippen LogP contribution in [0.2, 0.25) is 0 Å². The highest BCUT2D eigenvalue weighted by Gasteiger charge is 2.25. The summed E-state index contributed by atoms with van der Waals surface area (Å²) in [4.78, 5) is 0. The SMILES string of the molecule is CCCCCCCC(O)CCC(C)(O)C(C)C. The number of hydrogen-bond donors (Lipinski definition) is 2. The molecular formula is C15H32O2. The third-order valence-corrected chi connectivity index (χ3v) is 3.87. The molecule has 17 heavy (non-hydrogen) atoms. The molecule has 0 aromatic rings. The van der Waals surface area contributed by atoms with Crippen LogP contribution in [-0.4, -0.2) is 21.9 Å². The maximum absolute atomic E-state index is 10.1. The van der Waals surface area contributed by atoms with Crippen molar-refractivity contribution >= 4 is 0 Å². The summed E-state index contributed by atoms with van der Waals surface area (Å²) >= 11 is 0. The molecular weight excluding hydrogens is 212 g/mol. The van der Waals surface area contributed by atoms with E-state index in [1.54, 1.807) is 0 Å². The van der Waals surface area contributed by atoms with Gasteiger partial charge in [0, 0.05) is 0 Å². The molecule has 0 aromatic heterocycles. The predicted molar refractivity (Wildman–Crippen MR) is 74.1 cm³/mol. The van der Waals surface area contributed by atoms with Crippen molar-refractivity contribution in [1.29, 1.82) is 0 Å². The van der Waals surface area contributed by atoms with Crippen LogP contribution in [0.5, 0.6) is 0 Å². The zero-order chi connectivity index (χ0) is 13.3. The van der Waals surface area contributed by atoms with Crippen LogP contribution in [0.25, 0.3) is 0 Å². The van der Waals surface area contributed by atoms with Gasteiger partial charge in [-0.15, -0.1) is 0 Å². The highest BCUT2D eigenvalue weighted by atomic mass is 16.3. The molecule has 0 saturated carbocycles. The first-order valence-corrected chi connectivity index (χ1v) is 7.30. The fraction of sp³-hybridized carbons (Fsp3) is 1.00. The smallest absolute Gasteiger partial charge is 0.0643 e. The van der Waals surface area contributed by atoms with Crippen molar-refractivity contribution in [3.05, 3.63) is 0 Å². The second-order valence-electron chi connectivity index (χ2n) is 5.91. The molecule has 0 aliphatic carbocycles. The highest BCUT2D eigenvalue weighted by molar-refractivity contribution is 4.77. The summed E-state index contributed by atoms with van der Waals surface area (Å²) in [7, 11) is 0. The molecule has 0 aromatic carbocycles. The summed E-state index contributed by atoms with van der Waals surface area (Å²) < 4.78 is 0. The number of aliphatic hydroxyl groups is 2. The Morgan fingerprint density at radius 3 is 2.12 bits per heavy atom. The van der Waals surface area contributed by atoms with Crippen LogP contribution in [-0.2, 0) is 0 Å². The van der Waals surface area contributed by atoms with E-state index >= 15 is 0 Å². The van der Waals surface area contributed by atoms with Gasteiger partial charge in [-0.3, -0.25) is 0 Å². The third-order valence-electron chi connectivity index (χ3n) is 3.87. The van der Waals surface area contributed by atoms with Gasteiger partial charge in [-0.1, -0.05) is 52.9 Å². The number of aliphatic hydroxyl groups excluding tert-OH is 1. The van der Waals surface area contributed by atoms with Crippen molar-refractivity contribution in [3.8, 4) is 0 Å². The van der Waals surface area contributed by atoms with Gasteiger partial charge in [0.25, 0.3) is 0 Å². The van der Waals surface area contributed by atoms with Crippen molar-refractivity contribution in [2.75, 3.05) is 0 Å². The van der Waals surface area contributed by atoms with Crippen molar-refractivity contribution in [2.45, 2.75) is 90.8 Å². The Bertz CT molecular complexity index is 176. The van der Waals surface area contributed by atoms with E-state index in [2.05, 4.69) is 6.92 Å². The lowest BCUT2D eigenvalue weighted by atomic mass is 9.86. The monoisotopic (exact) mass is 244 g/mol. The topological polar surface area (TPSA) is 40.5 Å². The third kappa shape index (κ3) is 8.62. The Hall–Kier alpha value is -0.0800. The minimum atomic E-state index is -0.636. The molecule has 0 radical (unpaired) electrons. The summed E-state index contributed by atoms with van der Waals surface area (Å²) in [6, 6.07) is 0. The van der Waals surface area contributed by atoms with E-state index in [1.165, 1.54) is 25.7 Å². The van der Waals surface area contributed by atoms with Crippen LogP contribution < -0.4 is 0 Å². The standard InChI is InChI=1S/C15H32O2/c1-5-6-7-8-9-10-14(16)11-12-15(4,17)13(2)3/h13-14,16-17H,5-12H2,1-4H3. The Morgan fingerprint density at radius 1 is 1.00 bits per heavy atom. The van der Waals surface area contributed by atoms with E-state index < -0.39 is 5.60 Å². The van der Waals surface area contributed by atoms with Crippen LogP contribution in [0.1, 0.15) is 79.1 Å². The first-order chi connectivity index (χ1) is 7.90. The van der Waals surface area contributed by atoms with Crippen LogP contribution >= 0.6 is 0 Å². The van der Waals surface area contributed by atoms with E-state index in [0.29, 0.717) is 6.42 Å². The highest BCUT2D eigenvalue weighted by Crippen LogP contribution is 2.23. The van der Waals surface area contributed by atoms with Crippen LogP contribution in [0.3, 0.4) is 0 Å². The lowest BCUT2D eigenvalue weighted by Crippen LogP contribution is -2.32. The molecule has 0 saturated heterocycles. The van der Waals surface area contributed by atoms with E-state index in [1.807, 2.05) is 20.8 Å². The van der Waals surface area contributed by atoms with Crippen LogP contribution in [0.4, 0.5) is 0 Å². The molecule has 2 nitrogen and oxygen atoms in total. The molecule has 0 rings (SSSR count). The maximum atomic E-state index is 10.1. The number of hydrogen-bond acceptors (Lipinski definition) is 2. The molecule has 0 bridgehead atoms. The van der Waals surface area contributed by atoms with Crippen molar-refractivity contribution in [1.82, 2.24) is 0 Å². The lowest BCUT2D eigenvalue weighted by Gasteiger charge is -2.28. The van der Waals surface area contributed by atoms with E-state index in [0.717, 1.165) is 19.3 Å². The summed E-state index contributed by atoms with van der Waals surface area (Å²) in [6.45, 7) is 8.13. The molecule has 0 fully saturated rings. The Morgan fingerprint density at radius 2 is 1.59 bits per heavy atom. The number of rotatable bonds is 10.